The highest BCUT2D eigenvalue weighted by Gasteiger charge is 2.36. The van der Waals surface area contributed by atoms with Crippen molar-refractivity contribution in [1.82, 2.24) is 9.47 Å². The quantitative estimate of drug-likeness (QED) is 0.360. The van der Waals surface area contributed by atoms with E-state index in [0.717, 1.165) is 17.0 Å². The van der Waals surface area contributed by atoms with E-state index in [-0.39, 0.29) is 4.91 Å². The van der Waals surface area contributed by atoms with Gasteiger partial charge in [-0.05, 0) is 92.7 Å². The molecular weight excluding hydrogens is 519 g/mol. The lowest BCUT2D eigenvalue weighted by Gasteiger charge is -2.13. The number of aromatic nitrogens is 1. The SMILES string of the molecule is CCOc1ccc(NC(=O)CN2C(=O)S/C(=C\c3cc(C)n(-c4cccc(C(F)(F)F)c4)c3C)C2=O)cc1. The Morgan fingerprint density at radius 1 is 1.08 bits per heavy atom. The lowest BCUT2D eigenvalue weighted by Crippen LogP contribution is -2.36. The minimum Gasteiger partial charge on any atom is -0.494 e. The zero-order chi connectivity index (χ0) is 27.6. The molecule has 38 heavy (non-hydrogen) atoms. The summed E-state index contributed by atoms with van der Waals surface area (Å²) in [6.45, 7) is 5.36. The Hall–Kier alpha value is -3.99. The third kappa shape index (κ3) is 5.77. The number of aryl methyl sites for hydroxylation is 1. The Labute approximate surface area is 221 Å². The lowest BCUT2D eigenvalue weighted by atomic mass is 10.2. The van der Waals surface area contributed by atoms with Gasteiger partial charge >= 0.3 is 6.18 Å². The summed E-state index contributed by atoms with van der Waals surface area (Å²) in [4.78, 5) is 38.9. The van der Waals surface area contributed by atoms with Gasteiger partial charge in [0.2, 0.25) is 5.91 Å². The van der Waals surface area contributed by atoms with Crippen LogP contribution in [-0.4, -0.2) is 39.7 Å². The van der Waals surface area contributed by atoms with E-state index in [0.29, 0.717) is 52.4 Å². The molecular formula is C27H24F3N3O4S. The largest absolute Gasteiger partial charge is 0.494 e. The molecule has 1 aliphatic heterocycles. The number of hydrogen-bond donors (Lipinski definition) is 1. The summed E-state index contributed by atoms with van der Waals surface area (Å²) >= 11 is 0.702. The van der Waals surface area contributed by atoms with Crippen LogP contribution < -0.4 is 10.1 Å². The van der Waals surface area contributed by atoms with Gasteiger partial charge in [-0.1, -0.05) is 6.07 Å². The summed E-state index contributed by atoms with van der Waals surface area (Å²) in [6.07, 6.45) is -2.96. The molecule has 0 radical (unpaired) electrons. The molecule has 3 aromatic rings. The van der Waals surface area contributed by atoms with Crippen LogP contribution in [0.3, 0.4) is 0 Å². The summed E-state index contributed by atoms with van der Waals surface area (Å²) in [7, 11) is 0. The number of ether oxygens (including phenoxy) is 1. The molecule has 4 rings (SSSR count). The van der Waals surface area contributed by atoms with Crippen LogP contribution in [-0.2, 0) is 15.8 Å². The number of halogens is 3. The van der Waals surface area contributed by atoms with Gasteiger partial charge in [0.15, 0.2) is 0 Å². The van der Waals surface area contributed by atoms with E-state index < -0.39 is 35.3 Å². The molecule has 0 unspecified atom stereocenters. The van der Waals surface area contributed by atoms with Gasteiger partial charge in [-0.2, -0.15) is 13.2 Å². The average molecular weight is 544 g/mol. The second kappa shape index (κ2) is 10.8. The van der Waals surface area contributed by atoms with E-state index in [1.165, 1.54) is 12.1 Å². The molecule has 0 bridgehead atoms. The van der Waals surface area contributed by atoms with E-state index in [2.05, 4.69) is 5.32 Å². The molecule has 0 spiro atoms. The number of imide groups is 1. The summed E-state index contributed by atoms with van der Waals surface area (Å²) in [5, 5.41) is 2.06. The van der Waals surface area contributed by atoms with E-state index in [4.69, 9.17) is 4.74 Å². The van der Waals surface area contributed by atoms with Gasteiger partial charge in [-0.3, -0.25) is 19.3 Å². The van der Waals surface area contributed by atoms with Crippen molar-refractivity contribution in [1.29, 1.82) is 0 Å². The molecule has 1 N–H and O–H groups in total. The van der Waals surface area contributed by atoms with Crippen molar-refractivity contribution in [2.75, 3.05) is 18.5 Å². The van der Waals surface area contributed by atoms with Crippen molar-refractivity contribution in [2.45, 2.75) is 26.9 Å². The molecule has 1 saturated heterocycles. The first-order valence-corrected chi connectivity index (χ1v) is 12.4. The molecule has 1 aliphatic rings. The second-order valence-electron chi connectivity index (χ2n) is 8.48. The highest BCUT2D eigenvalue weighted by atomic mass is 32.2. The fourth-order valence-electron chi connectivity index (χ4n) is 4.08. The van der Waals surface area contributed by atoms with E-state index in [9.17, 15) is 27.6 Å². The van der Waals surface area contributed by atoms with Crippen LogP contribution in [0.2, 0.25) is 0 Å². The van der Waals surface area contributed by atoms with Crippen molar-refractivity contribution in [3.8, 4) is 11.4 Å². The highest BCUT2D eigenvalue weighted by Crippen LogP contribution is 2.35. The minimum atomic E-state index is -4.48. The third-order valence-electron chi connectivity index (χ3n) is 5.81. The molecule has 2 aromatic carbocycles. The number of amides is 3. The van der Waals surface area contributed by atoms with Gasteiger partial charge in [0.1, 0.15) is 12.3 Å². The van der Waals surface area contributed by atoms with Gasteiger partial charge in [0, 0.05) is 22.8 Å². The van der Waals surface area contributed by atoms with Crippen molar-refractivity contribution >= 4 is 40.6 Å². The summed E-state index contributed by atoms with van der Waals surface area (Å²) in [5.41, 5.74) is 1.87. The molecule has 0 aliphatic carbocycles. The van der Waals surface area contributed by atoms with Crippen molar-refractivity contribution in [3.05, 3.63) is 82.0 Å². The van der Waals surface area contributed by atoms with Crippen LogP contribution in [0.4, 0.5) is 23.7 Å². The fourth-order valence-corrected chi connectivity index (χ4v) is 4.90. The smallest absolute Gasteiger partial charge is 0.416 e. The number of hydrogen-bond acceptors (Lipinski definition) is 5. The van der Waals surface area contributed by atoms with E-state index in [1.54, 1.807) is 54.8 Å². The van der Waals surface area contributed by atoms with Crippen LogP contribution >= 0.6 is 11.8 Å². The number of benzene rings is 2. The zero-order valence-corrected chi connectivity index (χ0v) is 21.6. The summed E-state index contributed by atoms with van der Waals surface area (Å²) in [6, 6.07) is 13.4. The Morgan fingerprint density at radius 2 is 1.79 bits per heavy atom. The number of thioether (sulfide) groups is 1. The van der Waals surface area contributed by atoms with Gasteiger partial charge in [0.05, 0.1) is 17.1 Å². The lowest BCUT2D eigenvalue weighted by molar-refractivity contribution is -0.137. The van der Waals surface area contributed by atoms with Gasteiger partial charge in [-0.25, -0.2) is 0 Å². The molecule has 7 nitrogen and oxygen atoms in total. The molecule has 11 heteroatoms. The van der Waals surface area contributed by atoms with Gasteiger partial charge in [0.25, 0.3) is 11.1 Å². The Kier molecular flexibility index (Phi) is 7.68. The first kappa shape index (κ1) is 27.1. The highest BCUT2D eigenvalue weighted by molar-refractivity contribution is 8.18. The standard InChI is InChI=1S/C27H24F3N3O4S/c1-4-37-22-10-8-20(9-11-22)31-24(34)15-32-25(35)23(38-26(32)36)13-18-12-16(2)33(17(18)3)21-7-5-6-19(14-21)27(28,29)30/h5-14H,4,15H2,1-3H3,(H,31,34)/b23-13-. The molecule has 0 atom stereocenters. The summed E-state index contributed by atoms with van der Waals surface area (Å²) in [5.74, 6) is -0.514. The number of nitrogens with one attached hydrogen (secondary N) is 1. The number of anilines is 1. The zero-order valence-electron chi connectivity index (χ0n) is 20.8. The molecule has 198 valence electrons. The number of carbonyl (C=O) groups excluding carboxylic acids is 3. The topological polar surface area (TPSA) is 80.6 Å². The first-order valence-electron chi connectivity index (χ1n) is 11.6. The van der Waals surface area contributed by atoms with Crippen LogP contribution in [0, 0.1) is 13.8 Å². The molecule has 3 amide bonds. The normalized spacial score (nSPS) is 14.9. The predicted octanol–water partition coefficient (Wildman–Crippen LogP) is 6.19. The van der Waals surface area contributed by atoms with E-state index >= 15 is 0 Å². The second-order valence-corrected chi connectivity index (χ2v) is 9.48. The Morgan fingerprint density at radius 3 is 2.45 bits per heavy atom. The monoisotopic (exact) mass is 543 g/mol. The number of carbonyl (C=O) groups is 3. The van der Waals surface area contributed by atoms with E-state index in [1.807, 2.05) is 6.92 Å². The van der Waals surface area contributed by atoms with Crippen LogP contribution in [0.15, 0.2) is 59.5 Å². The fraction of sp³-hybridized carbons (Fsp3) is 0.222. The first-order chi connectivity index (χ1) is 18.0. The Bertz CT molecular complexity index is 1430. The van der Waals surface area contributed by atoms with Gasteiger partial charge in [-0.15, -0.1) is 0 Å². The third-order valence-corrected chi connectivity index (χ3v) is 6.72. The average Bonchev–Trinajstić information content (AvgIpc) is 3.28. The van der Waals surface area contributed by atoms with Crippen molar-refractivity contribution < 1.29 is 32.3 Å². The molecule has 1 aromatic heterocycles. The number of nitrogens with zero attached hydrogens (tertiary/aromatic N) is 2. The van der Waals surface area contributed by atoms with Crippen LogP contribution in [0.5, 0.6) is 5.75 Å². The Balaban J connectivity index is 1.50. The molecule has 1 fully saturated rings. The maximum absolute atomic E-state index is 13.2. The predicted molar refractivity (Wildman–Crippen MR) is 139 cm³/mol. The maximum Gasteiger partial charge on any atom is 0.416 e. The number of alkyl halides is 3. The van der Waals surface area contributed by atoms with Crippen molar-refractivity contribution in [3.63, 3.8) is 0 Å². The summed E-state index contributed by atoms with van der Waals surface area (Å²) < 4.78 is 46.6. The van der Waals surface area contributed by atoms with Crippen LogP contribution in [0.1, 0.15) is 29.4 Å². The maximum atomic E-state index is 13.2. The van der Waals surface area contributed by atoms with Gasteiger partial charge < -0.3 is 14.6 Å². The van der Waals surface area contributed by atoms with Crippen LogP contribution in [0.25, 0.3) is 11.8 Å². The number of rotatable bonds is 7. The minimum absolute atomic E-state index is 0.119. The molecule has 2 heterocycles. The molecule has 0 saturated carbocycles. The van der Waals surface area contributed by atoms with Crippen molar-refractivity contribution in [2.24, 2.45) is 0 Å².